The van der Waals surface area contributed by atoms with E-state index in [2.05, 4.69) is 5.32 Å². The number of nitrogens with one attached hydrogen (secondary N) is 1. The lowest BCUT2D eigenvalue weighted by Gasteiger charge is -2.22. The number of urea groups is 1. The molecule has 0 radical (unpaired) electrons. The standard InChI is InChI=1S/C12H18N2O3/c1-7-4-5-11(17-7)10-6-9(10)8(2)14(16)12(15)13-3/h4-5,8-10,16H,6H2,1-3H3,(H,13,15)/t8?,9-,10+/m0/s1. The van der Waals surface area contributed by atoms with Gasteiger partial charge < -0.3 is 9.73 Å². The van der Waals surface area contributed by atoms with Crippen molar-refractivity contribution in [3.8, 4) is 0 Å². The maximum absolute atomic E-state index is 11.3. The first-order chi connectivity index (χ1) is 8.04. The molecule has 2 N–H and O–H groups in total. The van der Waals surface area contributed by atoms with Crippen molar-refractivity contribution in [2.45, 2.75) is 32.2 Å². The molecular weight excluding hydrogens is 220 g/mol. The summed E-state index contributed by atoms with van der Waals surface area (Å²) in [5, 5.41) is 12.8. The molecule has 1 saturated carbocycles. The number of rotatable bonds is 3. The number of aryl methyl sites for hydroxylation is 1. The Morgan fingerprint density at radius 3 is 2.88 bits per heavy atom. The van der Waals surface area contributed by atoms with Crippen molar-refractivity contribution in [1.82, 2.24) is 10.4 Å². The molecule has 94 valence electrons. The molecule has 5 nitrogen and oxygen atoms in total. The van der Waals surface area contributed by atoms with Crippen LogP contribution in [-0.2, 0) is 0 Å². The molecule has 0 spiro atoms. The van der Waals surface area contributed by atoms with Crippen LogP contribution < -0.4 is 5.32 Å². The Balaban J connectivity index is 1.96. The average Bonchev–Trinajstić information content (AvgIpc) is 3.02. The van der Waals surface area contributed by atoms with Crippen molar-refractivity contribution in [3.05, 3.63) is 23.7 Å². The van der Waals surface area contributed by atoms with Gasteiger partial charge in [0.2, 0.25) is 0 Å². The van der Waals surface area contributed by atoms with Gasteiger partial charge in [0.1, 0.15) is 11.5 Å². The zero-order valence-electron chi connectivity index (χ0n) is 10.3. The highest BCUT2D eigenvalue weighted by atomic mass is 16.5. The molecule has 1 aliphatic carbocycles. The Kier molecular flexibility index (Phi) is 3.11. The topological polar surface area (TPSA) is 65.7 Å². The summed E-state index contributed by atoms with van der Waals surface area (Å²) in [5.41, 5.74) is 0. The zero-order chi connectivity index (χ0) is 12.6. The van der Waals surface area contributed by atoms with Crippen molar-refractivity contribution >= 4 is 6.03 Å². The van der Waals surface area contributed by atoms with Crippen molar-refractivity contribution < 1.29 is 14.4 Å². The summed E-state index contributed by atoms with van der Waals surface area (Å²) in [6.07, 6.45) is 0.947. The highest BCUT2D eigenvalue weighted by Crippen LogP contribution is 2.50. The molecule has 0 bridgehead atoms. The Hall–Kier alpha value is -1.49. The molecule has 1 aromatic rings. The van der Waals surface area contributed by atoms with E-state index < -0.39 is 6.03 Å². The summed E-state index contributed by atoms with van der Waals surface area (Å²) >= 11 is 0. The van der Waals surface area contributed by atoms with Crippen LogP contribution in [-0.4, -0.2) is 29.4 Å². The molecule has 5 heteroatoms. The number of hydrogen-bond acceptors (Lipinski definition) is 3. The lowest BCUT2D eigenvalue weighted by Crippen LogP contribution is -2.42. The van der Waals surface area contributed by atoms with E-state index in [0.717, 1.165) is 23.0 Å². The molecule has 2 rings (SSSR count). The van der Waals surface area contributed by atoms with E-state index in [4.69, 9.17) is 4.42 Å². The molecule has 1 heterocycles. The third-order valence-electron chi connectivity index (χ3n) is 3.39. The molecule has 17 heavy (non-hydrogen) atoms. The van der Waals surface area contributed by atoms with Crippen LogP contribution in [0.2, 0.25) is 0 Å². The molecule has 0 aliphatic heterocycles. The second-order valence-electron chi connectivity index (χ2n) is 4.59. The van der Waals surface area contributed by atoms with Crippen LogP contribution >= 0.6 is 0 Å². The van der Waals surface area contributed by atoms with Gasteiger partial charge in [0, 0.05) is 13.0 Å². The number of nitrogens with zero attached hydrogens (tertiary/aromatic N) is 1. The summed E-state index contributed by atoms with van der Waals surface area (Å²) in [4.78, 5) is 11.3. The van der Waals surface area contributed by atoms with Crippen LogP contribution in [0.4, 0.5) is 4.79 Å². The van der Waals surface area contributed by atoms with Crippen LogP contribution in [0.5, 0.6) is 0 Å². The normalized spacial score (nSPS) is 24.2. The molecule has 0 aromatic carbocycles. The number of carbonyl (C=O) groups is 1. The monoisotopic (exact) mass is 238 g/mol. The average molecular weight is 238 g/mol. The second kappa shape index (κ2) is 4.41. The second-order valence-corrected chi connectivity index (χ2v) is 4.59. The van der Waals surface area contributed by atoms with E-state index in [-0.39, 0.29) is 12.0 Å². The molecule has 2 amide bonds. The largest absolute Gasteiger partial charge is 0.466 e. The molecule has 3 atom stereocenters. The molecule has 1 aromatic heterocycles. The molecule has 0 saturated heterocycles. The molecule has 1 aliphatic rings. The van der Waals surface area contributed by atoms with Gasteiger partial charge in [-0.1, -0.05) is 0 Å². The third kappa shape index (κ3) is 2.29. The lowest BCUT2D eigenvalue weighted by molar-refractivity contribution is -0.0788. The summed E-state index contributed by atoms with van der Waals surface area (Å²) in [5.74, 6) is 2.43. The van der Waals surface area contributed by atoms with Crippen molar-refractivity contribution in [1.29, 1.82) is 0 Å². The van der Waals surface area contributed by atoms with Crippen LogP contribution in [0, 0.1) is 12.8 Å². The maximum atomic E-state index is 11.3. The summed E-state index contributed by atoms with van der Waals surface area (Å²) in [7, 11) is 1.50. The van der Waals surface area contributed by atoms with Gasteiger partial charge in [0.25, 0.3) is 0 Å². The summed E-state index contributed by atoms with van der Waals surface area (Å²) in [6, 6.07) is 3.23. The highest BCUT2D eigenvalue weighted by molar-refractivity contribution is 5.72. The first-order valence-electron chi connectivity index (χ1n) is 5.80. The van der Waals surface area contributed by atoms with Crippen molar-refractivity contribution in [2.75, 3.05) is 7.05 Å². The van der Waals surface area contributed by atoms with Gasteiger partial charge >= 0.3 is 6.03 Å². The number of amides is 2. The predicted octanol–water partition coefficient (Wildman–Crippen LogP) is 2.11. The first-order valence-corrected chi connectivity index (χ1v) is 5.80. The van der Waals surface area contributed by atoms with Crippen LogP contribution in [0.3, 0.4) is 0 Å². The summed E-state index contributed by atoms with van der Waals surface area (Å²) in [6.45, 7) is 3.75. The summed E-state index contributed by atoms with van der Waals surface area (Å²) < 4.78 is 5.55. The van der Waals surface area contributed by atoms with E-state index in [0.29, 0.717) is 5.92 Å². The number of furan rings is 1. The number of hydrogen-bond donors (Lipinski definition) is 2. The SMILES string of the molecule is CNC(=O)N(O)C(C)[C@@H]1C[C@H]1c1ccc(C)o1. The fraction of sp³-hybridized carbons (Fsp3) is 0.583. The van der Waals surface area contributed by atoms with E-state index in [1.165, 1.54) is 7.05 Å². The van der Waals surface area contributed by atoms with Crippen LogP contribution in [0.25, 0.3) is 0 Å². The Labute approximate surface area is 100 Å². The van der Waals surface area contributed by atoms with Gasteiger partial charge in [0.15, 0.2) is 0 Å². The Morgan fingerprint density at radius 1 is 1.65 bits per heavy atom. The molecule has 1 fully saturated rings. The fourth-order valence-electron chi connectivity index (χ4n) is 2.21. The minimum atomic E-state index is -0.473. The Morgan fingerprint density at radius 2 is 2.35 bits per heavy atom. The third-order valence-corrected chi connectivity index (χ3v) is 3.39. The zero-order valence-corrected chi connectivity index (χ0v) is 10.3. The number of carbonyl (C=O) groups excluding carboxylic acids is 1. The smallest absolute Gasteiger partial charge is 0.341 e. The maximum Gasteiger partial charge on any atom is 0.341 e. The van der Waals surface area contributed by atoms with Gasteiger partial charge in [-0.25, -0.2) is 9.86 Å². The lowest BCUT2D eigenvalue weighted by atomic mass is 10.1. The minimum Gasteiger partial charge on any atom is -0.466 e. The molecule has 1 unspecified atom stereocenters. The van der Waals surface area contributed by atoms with E-state index in [1.807, 2.05) is 26.0 Å². The number of hydroxylamine groups is 2. The van der Waals surface area contributed by atoms with E-state index >= 15 is 0 Å². The van der Waals surface area contributed by atoms with Gasteiger partial charge in [-0.3, -0.25) is 5.21 Å². The quantitative estimate of drug-likeness (QED) is 0.626. The van der Waals surface area contributed by atoms with Gasteiger partial charge in [0.05, 0.1) is 6.04 Å². The van der Waals surface area contributed by atoms with E-state index in [9.17, 15) is 10.0 Å². The van der Waals surface area contributed by atoms with Gasteiger partial charge in [-0.15, -0.1) is 0 Å². The van der Waals surface area contributed by atoms with E-state index in [1.54, 1.807) is 0 Å². The predicted molar refractivity (Wildman–Crippen MR) is 61.8 cm³/mol. The van der Waals surface area contributed by atoms with Crippen LogP contribution in [0.1, 0.15) is 30.8 Å². The van der Waals surface area contributed by atoms with Gasteiger partial charge in [-0.2, -0.15) is 0 Å². The highest BCUT2D eigenvalue weighted by Gasteiger charge is 2.46. The Bertz CT molecular complexity index is 416. The van der Waals surface area contributed by atoms with Crippen molar-refractivity contribution in [2.24, 2.45) is 5.92 Å². The van der Waals surface area contributed by atoms with Crippen LogP contribution in [0.15, 0.2) is 16.5 Å². The minimum absolute atomic E-state index is 0.203. The van der Waals surface area contributed by atoms with Gasteiger partial charge in [-0.05, 0) is 38.3 Å². The molecular formula is C12H18N2O3. The fourth-order valence-corrected chi connectivity index (χ4v) is 2.21. The van der Waals surface area contributed by atoms with Crippen molar-refractivity contribution in [3.63, 3.8) is 0 Å². The first kappa shape index (κ1) is 12.0.